The van der Waals surface area contributed by atoms with Gasteiger partial charge >= 0.3 is 0 Å². The molecular weight excluding hydrogens is 451 g/mol. The number of hydrogen-bond donors (Lipinski definition) is 2. The molecule has 0 heterocycles. The maximum atomic E-state index is 6.61. The minimum absolute atomic E-state index is 0.587. The summed E-state index contributed by atoms with van der Waals surface area (Å²) in [7, 11) is 3.41. The van der Waals surface area contributed by atoms with Crippen LogP contribution in [0.25, 0.3) is 21.5 Å². The summed E-state index contributed by atoms with van der Waals surface area (Å²) < 4.78 is 0. The van der Waals surface area contributed by atoms with Crippen LogP contribution in [0.1, 0.15) is 11.1 Å². The molecule has 0 aliphatic rings. The maximum Gasteiger partial charge on any atom is 0.0496 e. The van der Waals surface area contributed by atoms with E-state index in [2.05, 4.69) is 36.4 Å². The van der Waals surface area contributed by atoms with E-state index in [0.717, 1.165) is 54.2 Å². The van der Waals surface area contributed by atoms with Gasteiger partial charge in [0.2, 0.25) is 0 Å². The average Bonchev–Trinajstić information content (AvgIpc) is 2.77. The quantitative estimate of drug-likeness (QED) is 0.281. The van der Waals surface area contributed by atoms with Gasteiger partial charge in [-0.2, -0.15) is 0 Å². The van der Waals surface area contributed by atoms with Gasteiger partial charge in [-0.1, -0.05) is 93.3 Å². The van der Waals surface area contributed by atoms with Gasteiger partial charge in [-0.05, 0) is 60.0 Å². The van der Waals surface area contributed by atoms with Crippen LogP contribution < -0.4 is 11.5 Å². The third-order valence-corrected chi connectivity index (χ3v) is 8.26. The van der Waals surface area contributed by atoms with Gasteiger partial charge in [-0.3, -0.25) is 0 Å². The zero-order valence-electron chi connectivity index (χ0n) is 16.3. The van der Waals surface area contributed by atoms with Crippen molar-refractivity contribution in [2.24, 2.45) is 11.5 Å². The number of benzene rings is 4. The second-order valence-corrected chi connectivity index (χ2v) is 10.0. The first-order valence-electron chi connectivity index (χ1n) is 9.79. The van der Waals surface area contributed by atoms with Crippen molar-refractivity contribution in [3.8, 4) is 0 Å². The highest BCUT2D eigenvalue weighted by Gasteiger charge is 2.15. The number of nitrogens with two attached hydrogens (primary N) is 2. The molecule has 0 amide bonds. The fourth-order valence-electron chi connectivity index (χ4n) is 3.78. The first kappa shape index (κ1) is 21.8. The molecule has 154 valence electrons. The SMILES string of the molecule is NCCc1c(SSc2cc(Cl)c3ccccc3c2CCN)cc(Cl)c2ccccc12. The summed E-state index contributed by atoms with van der Waals surface area (Å²) in [5, 5.41) is 5.97. The third-order valence-electron chi connectivity index (χ3n) is 5.14. The van der Waals surface area contributed by atoms with Gasteiger partial charge < -0.3 is 11.5 Å². The van der Waals surface area contributed by atoms with Crippen LogP contribution in [0.4, 0.5) is 0 Å². The van der Waals surface area contributed by atoms with E-state index in [-0.39, 0.29) is 0 Å². The molecule has 0 aliphatic carbocycles. The lowest BCUT2D eigenvalue weighted by molar-refractivity contribution is 0.955. The fraction of sp³-hybridized carbons (Fsp3) is 0.167. The van der Waals surface area contributed by atoms with E-state index in [1.807, 2.05) is 24.3 Å². The van der Waals surface area contributed by atoms with Crippen LogP contribution >= 0.6 is 44.8 Å². The molecular formula is C24H22Cl2N2S2. The first-order valence-corrected chi connectivity index (χ1v) is 12.7. The van der Waals surface area contributed by atoms with E-state index in [0.29, 0.717) is 13.1 Å². The maximum absolute atomic E-state index is 6.61. The summed E-state index contributed by atoms with van der Waals surface area (Å²) in [6, 6.07) is 20.6. The molecule has 4 aromatic carbocycles. The predicted molar refractivity (Wildman–Crippen MR) is 135 cm³/mol. The highest BCUT2D eigenvalue weighted by atomic mass is 35.5. The van der Waals surface area contributed by atoms with Crippen molar-refractivity contribution in [1.29, 1.82) is 0 Å². The molecule has 4 aromatic rings. The predicted octanol–water partition coefficient (Wildman–Crippen LogP) is 7.10. The fourth-order valence-corrected chi connectivity index (χ4v) is 7.02. The molecule has 2 nitrogen and oxygen atoms in total. The molecule has 0 saturated heterocycles. The van der Waals surface area contributed by atoms with Gasteiger partial charge in [-0.25, -0.2) is 0 Å². The molecule has 0 atom stereocenters. The molecule has 30 heavy (non-hydrogen) atoms. The van der Waals surface area contributed by atoms with Crippen molar-refractivity contribution >= 4 is 66.3 Å². The average molecular weight is 473 g/mol. The number of fused-ring (bicyclic) bond motifs is 2. The topological polar surface area (TPSA) is 52.0 Å². The number of halogens is 2. The summed E-state index contributed by atoms with van der Waals surface area (Å²) >= 11 is 13.2. The molecule has 0 saturated carbocycles. The van der Waals surface area contributed by atoms with Crippen molar-refractivity contribution in [3.63, 3.8) is 0 Å². The van der Waals surface area contributed by atoms with Crippen LogP contribution in [0.3, 0.4) is 0 Å². The van der Waals surface area contributed by atoms with E-state index >= 15 is 0 Å². The van der Waals surface area contributed by atoms with E-state index in [9.17, 15) is 0 Å². The van der Waals surface area contributed by atoms with Crippen LogP contribution in [0.15, 0.2) is 70.5 Å². The molecule has 0 radical (unpaired) electrons. The highest BCUT2D eigenvalue weighted by molar-refractivity contribution is 8.76. The zero-order chi connectivity index (χ0) is 21.1. The van der Waals surface area contributed by atoms with Gasteiger partial charge in [0.25, 0.3) is 0 Å². The molecule has 4 N–H and O–H groups in total. The monoisotopic (exact) mass is 472 g/mol. The van der Waals surface area contributed by atoms with E-state index in [1.54, 1.807) is 21.6 Å². The second-order valence-electron chi connectivity index (χ2n) is 7.01. The Morgan fingerprint density at radius 2 is 0.967 bits per heavy atom. The Labute approximate surface area is 194 Å². The van der Waals surface area contributed by atoms with E-state index in [1.165, 1.54) is 11.1 Å². The van der Waals surface area contributed by atoms with Crippen LogP contribution in [0, 0.1) is 0 Å². The summed E-state index contributed by atoms with van der Waals surface area (Å²) in [5.41, 5.74) is 14.3. The Balaban J connectivity index is 1.76. The smallest absolute Gasteiger partial charge is 0.0496 e. The lowest BCUT2D eigenvalue weighted by Crippen LogP contribution is -2.05. The van der Waals surface area contributed by atoms with Gasteiger partial charge in [0.15, 0.2) is 0 Å². The summed E-state index contributed by atoms with van der Waals surface area (Å²) in [4.78, 5) is 2.27. The van der Waals surface area contributed by atoms with Gasteiger partial charge in [0.1, 0.15) is 0 Å². The normalized spacial score (nSPS) is 11.5. The van der Waals surface area contributed by atoms with Crippen molar-refractivity contribution in [2.45, 2.75) is 22.6 Å². The highest BCUT2D eigenvalue weighted by Crippen LogP contribution is 2.46. The summed E-state index contributed by atoms with van der Waals surface area (Å²) in [6.07, 6.45) is 1.60. The van der Waals surface area contributed by atoms with Crippen molar-refractivity contribution in [1.82, 2.24) is 0 Å². The Kier molecular flexibility index (Phi) is 7.14. The molecule has 4 rings (SSSR count). The van der Waals surface area contributed by atoms with E-state index in [4.69, 9.17) is 34.7 Å². The number of hydrogen-bond acceptors (Lipinski definition) is 4. The molecule has 0 aromatic heterocycles. The largest absolute Gasteiger partial charge is 0.330 e. The Hall–Kier alpha value is -1.40. The lowest BCUT2D eigenvalue weighted by Gasteiger charge is -2.16. The van der Waals surface area contributed by atoms with E-state index < -0.39 is 0 Å². The van der Waals surface area contributed by atoms with Crippen LogP contribution in [0.5, 0.6) is 0 Å². The summed E-state index contributed by atoms with van der Waals surface area (Å²) in [6.45, 7) is 1.17. The van der Waals surface area contributed by atoms with Gasteiger partial charge in [0, 0.05) is 30.6 Å². The molecule has 0 aliphatic heterocycles. The van der Waals surface area contributed by atoms with Gasteiger partial charge in [-0.15, -0.1) is 0 Å². The first-order chi connectivity index (χ1) is 14.6. The second kappa shape index (κ2) is 9.82. The minimum atomic E-state index is 0.587. The van der Waals surface area contributed by atoms with Crippen molar-refractivity contribution in [3.05, 3.63) is 81.8 Å². The standard InChI is InChI=1S/C24H22Cl2N2S2/c25-21-13-23(19(9-11-27)15-5-1-3-7-17(15)21)29-30-24-14-22(26)18-8-4-2-6-16(18)20(24)10-12-28/h1-8,13-14H,9-12,27-28H2. The molecule has 0 fully saturated rings. The van der Waals surface area contributed by atoms with Crippen molar-refractivity contribution in [2.75, 3.05) is 13.1 Å². The van der Waals surface area contributed by atoms with Crippen LogP contribution in [0.2, 0.25) is 10.0 Å². The summed E-state index contributed by atoms with van der Waals surface area (Å²) in [5.74, 6) is 0. The Morgan fingerprint density at radius 3 is 1.33 bits per heavy atom. The van der Waals surface area contributed by atoms with Crippen molar-refractivity contribution < 1.29 is 0 Å². The molecule has 0 unspecified atom stereocenters. The third kappa shape index (κ3) is 4.31. The molecule has 0 bridgehead atoms. The van der Waals surface area contributed by atoms with Crippen LogP contribution in [-0.2, 0) is 12.8 Å². The Morgan fingerprint density at radius 1 is 0.600 bits per heavy atom. The zero-order valence-corrected chi connectivity index (χ0v) is 19.5. The molecule has 0 spiro atoms. The van der Waals surface area contributed by atoms with Gasteiger partial charge in [0.05, 0.1) is 0 Å². The lowest BCUT2D eigenvalue weighted by atomic mass is 10.0. The number of rotatable bonds is 7. The van der Waals surface area contributed by atoms with Crippen LogP contribution in [-0.4, -0.2) is 13.1 Å². The Bertz CT molecular complexity index is 1120. The minimum Gasteiger partial charge on any atom is -0.330 e. The molecule has 6 heteroatoms.